The average Bonchev–Trinajstić information content (AvgIpc) is 3.32. The zero-order valence-corrected chi connectivity index (χ0v) is 16.2. The summed E-state index contributed by atoms with van der Waals surface area (Å²) in [4.78, 5) is 17.6. The molecule has 0 aliphatic carbocycles. The molecule has 32 heavy (non-hydrogen) atoms. The Kier molecular flexibility index (Phi) is 5.31. The van der Waals surface area contributed by atoms with Crippen molar-refractivity contribution in [3.63, 3.8) is 0 Å². The molecule has 0 saturated carbocycles. The van der Waals surface area contributed by atoms with Crippen molar-refractivity contribution >= 4 is 5.91 Å². The normalized spacial score (nSPS) is 14.8. The van der Waals surface area contributed by atoms with Crippen LogP contribution >= 0.6 is 0 Å². The van der Waals surface area contributed by atoms with Crippen LogP contribution in [0.2, 0.25) is 0 Å². The molecule has 1 amide bonds. The molecule has 1 atom stereocenters. The summed E-state index contributed by atoms with van der Waals surface area (Å²) in [6.07, 6.45) is -4.81. The Balaban J connectivity index is 1.62. The predicted octanol–water partition coefficient (Wildman–Crippen LogP) is 5.21. The van der Waals surface area contributed by atoms with Crippen LogP contribution in [0.25, 0.3) is 11.4 Å². The molecule has 1 unspecified atom stereocenters. The number of alkyl halides is 5. The Hall–Kier alpha value is -3.57. The first-order chi connectivity index (χ1) is 15.0. The van der Waals surface area contributed by atoms with E-state index in [4.69, 9.17) is 0 Å². The topological polar surface area (TPSA) is 68.5 Å². The highest BCUT2D eigenvalue weighted by molar-refractivity contribution is 5.99. The van der Waals surface area contributed by atoms with Gasteiger partial charge in [0.15, 0.2) is 0 Å². The SMILES string of the molecule is CC(c1ccc(F)cc1OC(F)F)N1Cc2ccc(-c3noc(C(F)(F)F)n3)cc2C1=O. The third-order valence-corrected chi connectivity index (χ3v) is 4.98. The van der Waals surface area contributed by atoms with E-state index < -0.39 is 42.2 Å². The summed E-state index contributed by atoms with van der Waals surface area (Å²) in [6.45, 7) is -1.53. The molecule has 12 heteroatoms. The van der Waals surface area contributed by atoms with Crippen LogP contribution in [-0.4, -0.2) is 27.6 Å². The van der Waals surface area contributed by atoms with Crippen LogP contribution in [0.4, 0.5) is 26.3 Å². The number of rotatable bonds is 5. The van der Waals surface area contributed by atoms with Crippen molar-refractivity contribution in [2.24, 2.45) is 0 Å². The quantitative estimate of drug-likeness (QED) is 0.492. The second-order valence-electron chi connectivity index (χ2n) is 6.96. The molecule has 6 nitrogen and oxygen atoms in total. The molecule has 3 aromatic rings. The summed E-state index contributed by atoms with van der Waals surface area (Å²) >= 11 is 0. The van der Waals surface area contributed by atoms with Crippen LogP contribution < -0.4 is 4.74 Å². The molecule has 168 valence electrons. The molecule has 2 heterocycles. The lowest BCUT2D eigenvalue weighted by Crippen LogP contribution is -2.27. The molecule has 0 bridgehead atoms. The second-order valence-corrected chi connectivity index (χ2v) is 6.96. The van der Waals surface area contributed by atoms with Crippen molar-refractivity contribution in [3.8, 4) is 17.1 Å². The zero-order chi connectivity index (χ0) is 23.2. The summed E-state index contributed by atoms with van der Waals surface area (Å²) in [5.41, 5.74) is 1.05. The van der Waals surface area contributed by atoms with Gasteiger partial charge >= 0.3 is 18.7 Å². The van der Waals surface area contributed by atoms with Gasteiger partial charge in [0, 0.05) is 29.3 Å². The number of amides is 1. The van der Waals surface area contributed by atoms with Crippen LogP contribution in [0, 0.1) is 5.82 Å². The zero-order valence-electron chi connectivity index (χ0n) is 16.2. The maximum Gasteiger partial charge on any atom is 0.471 e. The molecule has 1 aromatic heterocycles. The minimum Gasteiger partial charge on any atom is -0.434 e. The smallest absolute Gasteiger partial charge is 0.434 e. The van der Waals surface area contributed by atoms with Crippen molar-refractivity contribution in [2.75, 3.05) is 0 Å². The maximum atomic E-state index is 13.5. The van der Waals surface area contributed by atoms with E-state index in [1.165, 1.54) is 29.2 Å². The summed E-state index contributed by atoms with van der Waals surface area (Å²) in [5.74, 6) is -3.54. The highest BCUT2D eigenvalue weighted by atomic mass is 19.4. The summed E-state index contributed by atoms with van der Waals surface area (Å²) in [7, 11) is 0. The van der Waals surface area contributed by atoms with E-state index in [1.54, 1.807) is 6.92 Å². The van der Waals surface area contributed by atoms with Crippen molar-refractivity contribution in [2.45, 2.75) is 32.3 Å². The van der Waals surface area contributed by atoms with Crippen molar-refractivity contribution < 1.29 is 40.4 Å². The molecule has 4 rings (SSSR count). The predicted molar refractivity (Wildman–Crippen MR) is 96.1 cm³/mol. The third kappa shape index (κ3) is 3.99. The van der Waals surface area contributed by atoms with E-state index in [2.05, 4.69) is 19.4 Å². The molecule has 0 spiro atoms. The van der Waals surface area contributed by atoms with E-state index in [0.29, 0.717) is 5.56 Å². The lowest BCUT2D eigenvalue weighted by atomic mass is 10.1. The Labute approximate surface area is 176 Å². The van der Waals surface area contributed by atoms with Gasteiger partial charge in [-0.3, -0.25) is 4.79 Å². The molecule has 1 aliphatic rings. The van der Waals surface area contributed by atoms with Crippen molar-refractivity contribution in [3.05, 3.63) is 64.8 Å². The number of carbonyl (C=O) groups is 1. The Morgan fingerprint density at radius 1 is 1.16 bits per heavy atom. The fourth-order valence-corrected chi connectivity index (χ4v) is 3.45. The third-order valence-electron chi connectivity index (χ3n) is 4.98. The largest absolute Gasteiger partial charge is 0.471 e. The highest BCUT2D eigenvalue weighted by Crippen LogP contribution is 2.37. The fraction of sp³-hybridized carbons (Fsp3) is 0.250. The van der Waals surface area contributed by atoms with E-state index in [1.807, 2.05) is 0 Å². The number of hydrogen-bond donors (Lipinski definition) is 0. The number of halogens is 6. The molecule has 0 N–H and O–H groups in total. The van der Waals surface area contributed by atoms with Crippen LogP contribution in [0.1, 0.15) is 40.3 Å². The van der Waals surface area contributed by atoms with Crippen LogP contribution in [0.3, 0.4) is 0 Å². The molecular formula is C20H13F6N3O3. The Bertz CT molecular complexity index is 1180. The number of fused-ring (bicyclic) bond motifs is 1. The minimum absolute atomic E-state index is 0.0984. The number of hydrogen-bond acceptors (Lipinski definition) is 5. The fourth-order valence-electron chi connectivity index (χ4n) is 3.45. The van der Waals surface area contributed by atoms with Gasteiger partial charge < -0.3 is 14.2 Å². The van der Waals surface area contributed by atoms with Gasteiger partial charge in [-0.2, -0.15) is 26.9 Å². The molecule has 0 saturated heterocycles. The van der Waals surface area contributed by atoms with E-state index >= 15 is 0 Å². The van der Waals surface area contributed by atoms with Crippen LogP contribution in [0.15, 0.2) is 40.9 Å². The monoisotopic (exact) mass is 457 g/mol. The summed E-state index contributed by atoms with van der Waals surface area (Å²) in [6, 6.07) is 6.64. The Morgan fingerprint density at radius 2 is 1.91 bits per heavy atom. The lowest BCUT2D eigenvalue weighted by molar-refractivity contribution is -0.159. The highest BCUT2D eigenvalue weighted by Gasteiger charge is 2.39. The van der Waals surface area contributed by atoms with Gasteiger partial charge in [-0.25, -0.2) is 4.39 Å². The number of benzene rings is 2. The first-order valence-corrected chi connectivity index (χ1v) is 9.14. The van der Waals surface area contributed by atoms with Gasteiger partial charge in [-0.05, 0) is 24.6 Å². The van der Waals surface area contributed by atoms with Gasteiger partial charge in [0.05, 0.1) is 6.04 Å². The number of aromatic nitrogens is 2. The number of ether oxygens (including phenoxy) is 1. The van der Waals surface area contributed by atoms with Gasteiger partial charge in [-0.1, -0.05) is 23.4 Å². The Morgan fingerprint density at radius 3 is 2.56 bits per heavy atom. The molecule has 0 radical (unpaired) electrons. The molecular weight excluding hydrogens is 444 g/mol. The van der Waals surface area contributed by atoms with E-state index in [9.17, 15) is 31.1 Å². The molecule has 2 aromatic carbocycles. The van der Waals surface area contributed by atoms with Crippen LogP contribution in [-0.2, 0) is 12.7 Å². The lowest BCUT2D eigenvalue weighted by Gasteiger charge is -2.26. The van der Waals surface area contributed by atoms with Crippen LogP contribution in [0.5, 0.6) is 5.75 Å². The van der Waals surface area contributed by atoms with Gasteiger partial charge in [0.25, 0.3) is 5.91 Å². The van der Waals surface area contributed by atoms with E-state index in [-0.39, 0.29) is 29.1 Å². The molecule has 1 aliphatic heterocycles. The number of carbonyl (C=O) groups excluding carboxylic acids is 1. The summed E-state index contributed by atoms with van der Waals surface area (Å²) in [5, 5.41) is 3.30. The standard InChI is InChI=1S/C20H13F6N3O3/c1-9(13-5-4-12(21)7-15(13)31-19(22)23)29-8-11-3-2-10(6-14(11)17(29)30)16-27-18(32-28-16)20(24,25)26/h2-7,9,19H,8H2,1H3. The first kappa shape index (κ1) is 21.7. The molecule has 0 fully saturated rings. The summed E-state index contributed by atoms with van der Waals surface area (Å²) < 4.78 is 85.7. The van der Waals surface area contributed by atoms with Crippen molar-refractivity contribution in [1.29, 1.82) is 0 Å². The first-order valence-electron chi connectivity index (χ1n) is 9.14. The van der Waals surface area contributed by atoms with Gasteiger partial charge in [0.2, 0.25) is 5.82 Å². The van der Waals surface area contributed by atoms with Gasteiger partial charge in [0.1, 0.15) is 11.6 Å². The van der Waals surface area contributed by atoms with Crippen molar-refractivity contribution in [1.82, 2.24) is 15.0 Å². The van der Waals surface area contributed by atoms with E-state index in [0.717, 1.165) is 12.1 Å². The maximum absolute atomic E-state index is 13.5. The minimum atomic E-state index is -4.81. The number of nitrogens with zero attached hydrogens (tertiary/aromatic N) is 3. The van der Waals surface area contributed by atoms with Gasteiger partial charge in [-0.15, -0.1) is 0 Å². The average molecular weight is 457 g/mol. The second kappa shape index (κ2) is 7.84.